The summed E-state index contributed by atoms with van der Waals surface area (Å²) < 4.78 is 41.1. The van der Waals surface area contributed by atoms with Gasteiger partial charge in [-0.25, -0.2) is 18.1 Å². The molecule has 13 nitrogen and oxygen atoms in total. The number of benzene rings is 4. The zero-order chi connectivity index (χ0) is 41.2. The van der Waals surface area contributed by atoms with Crippen LogP contribution in [0.15, 0.2) is 114 Å². The van der Waals surface area contributed by atoms with Crippen LogP contribution in [0.25, 0.3) is 22.2 Å². The Hall–Kier alpha value is -6.09. The lowest BCUT2D eigenvalue weighted by Crippen LogP contribution is -2.31. The molecule has 0 radical (unpaired) electrons. The van der Waals surface area contributed by atoms with Gasteiger partial charge in [-0.1, -0.05) is 54.6 Å². The molecule has 0 spiro atoms. The van der Waals surface area contributed by atoms with Gasteiger partial charge in [-0.3, -0.25) is 19.8 Å². The Morgan fingerprint density at radius 1 is 0.917 bits per heavy atom. The highest BCUT2D eigenvalue weighted by atomic mass is 32.2. The molecule has 0 bridgehead atoms. The van der Waals surface area contributed by atoms with E-state index in [4.69, 9.17) is 9.47 Å². The minimum atomic E-state index is -4.55. The molecule has 3 N–H and O–H groups in total. The van der Waals surface area contributed by atoms with Gasteiger partial charge in [0.15, 0.2) is 0 Å². The molecule has 2 aliphatic heterocycles. The van der Waals surface area contributed by atoms with Crippen LogP contribution in [0.4, 0.5) is 11.4 Å². The molecule has 3 aliphatic rings. The third-order valence-corrected chi connectivity index (χ3v) is 13.2. The molecule has 14 heteroatoms. The fourth-order valence-corrected chi connectivity index (χ4v) is 9.47. The largest absolute Gasteiger partial charge is 0.455 e. The van der Waals surface area contributed by atoms with E-state index in [2.05, 4.69) is 61.3 Å². The van der Waals surface area contributed by atoms with Gasteiger partial charge in [0, 0.05) is 50.0 Å². The van der Waals surface area contributed by atoms with Crippen LogP contribution in [-0.4, -0.2) is 60.4 Å². The van der Waals surface area contributed by atoms with Gasteiger partial charge >= 0.3 is 0 Å². The molecule has 3 fully saturated rings. The quantitative estimate of drug-likeness (QED) is 0.0712. The van der Waals surface area contributed by atoms with Gasteiger partial charge in [-0.15, -0.1) is 0 Å². The number of nitro benzene ring substituents is 1. The van der Waals surface area contributed by atoms with Crippen LogP contribution in [0.3, 0.4) is 0 Å². The molecular weight excluding hydrogens is 781 g/mol. The topological polar surface area (TPSA) is 169 Å². The predicted octanol–water partition coefficient (Wildman–Crippen LogP) is 9.10. The highest BCUT2D eigenvalue weighted by Gasteiger charge is 2.33. The number of carbonyl (C=O) groups is 1. The summed E-state index contributed by atoms with van der Waals surface area (Å²) >= 11 is 0. The van der Waals surface area contributed by atoms with Gasteiger partial charge in [-0.05, 0) is 121 Å². The lowest BCUT2D eigenvalue weighted by molar-refractivity contribution is -0.384. The molecule has 6 aromatic rings. The van der Waals surface area contributed by atoms with Crippen LogP contribution in [0.2, 0.25) is 0 Å². The second-order valence-corrected chi connectivity index (χ2v) is 17.6. The average molecular weight is 827 g/mol. The molecule has 2 aromatic heterocycles. The van der Waals surface area contributed by atoms with Crippen molar-refractivity contribution in [2.24, 2.45) is 5.92 Å². The van der Waals surface area contributed by atoms with Crippen molar-refractivity contribution in [3.05, 3.63) is 142 Å². The minimum Gasteiger partial charge on any atom is -0.455 e. The lowest BCUT2D eigenvalue weighted by Gasteiger charge is -2.27. The van der Waals surface area contributed by atoms with E-state index in [1.54, 1.807) is 24.4 Å². The molecule has 2 saturated heterocycles. The Morgan fingerprint density at radius 3 is 2.48 bits per heavy atom. The highest BCUT2D eigenvalue weighted by molar-refractivity contribution is 7.90. The van der Waals surface area contributed by atoms with Crippen LogP contribution in [0.1, 0.15) is 77.5 Å². The Balaban J connectivity index is 0.954. The van der Waals surface area contributed by atoms with E-state index < -0.39 is 31.4 Å². The van der Waals surface area contributed by atoms with Crippen molar-refractivity contribution in [1.82, 2.24) is 19.6 Å². The lowest BCUT2D eigenvalue weighted by atomic mass is 9.95. The summed E-state index contributed by atoms with van der Waals surface area (Å²) in [5, 5.41) is 15.9. The van der Waals surface area contributed by atoms with E-state index in [9.17, 15) is 23.3 Å². The smallest absolute Gasteiger partial charge is 0.293 e. The highest BCUT2D eigenvalue weighted by Crippen LogP contribution is 2.46. The van der Waals surface area contributed by atoms with Crippen molar-refractivity contribution in [2.45, 2.75) is 61.9 Å². The first-order chi connectivity index (χ1) is 29.2. The number of ether oxygens (including phenoxy) is 2. The molecule has 1 amide bonds. The molecule has 1 aliphatic carbocycles. The van der Waals surface area contributed by atoms with Gasteiger partial charge < -0.3 is 19.8 Å². The molecule has 308 valence electrons. The predicted molar refractivity (Wildman–Crippen MR) is 229 cm³/mol. The number of anilines is 1. The number of nitrogens with one attached hydrogen (secondary N) is 3. The number of H-pyrrole nitrogens is 1. The third-order valence-electron chi connectivity index (χ3n) is 11.9. The van der Waals surface area contributed by atoms with Crippen LogP contribution in [0, 0.1) is 16.0 Å². The molecule has 9 rings (SSSR count). The number of rotatable bonds is 14. The number of fused-ring (bicyclic) bond motifs is 1. The van der Waals surface area contributed by atoms with E-state index in [1.807, 2.05) is 18.2 Å². The van der Waals surface area contributed by atoms with Crippen molar-refractivity contribution in [1.29, 1.82) is 0 Å². The summed E-state index contributed by atoms with van der Waals surface area (Å²) in [7, 11) is -4.55. The summed E-state index contributed by atoms with van der Waals surface area (Å²) in [6.45, 7) is 3.62. The summed E-state index contributed by atoms with van der Waals surface area (Å²) in [5.41, 5.74) is 6.20. The van der Waals surface area contributed by atoms with Gasteiger partial charge in [0.2, 0.25) is 0 Å². The Morgan fingerprint density at radius 2 is 1.70 bits per heavy atom. The maximum atomic E-state index is 13.9. The number of amides is 1. The van der Waals surface area contributed by atoms with Crippen molar-refractivity contribution >= 4 is 38.3 Å². The Kier molecular flexibility index (Phi) is 11.1. The number of pyridine rings is 1. The number of sulfonamides is 1. The number of carbonyl (C=O) groups excluding carboxylic acids is 1. The second-order valence-electron chi connectivity index (χ2n) is 15.9. The summed E-state index contributed by atoms with van der Waals surface area (Å²) in [5.74, 6) is 0.457. The number of aromatic amines is 1. The molecule has 1 saturated carbocycles. The number of aromatic nitrogens is 2. The van der Waals surface area contributed by atoms with E-state index in [0.717, 1.165) is 54.9 Å². The van der Waals surface area contributed by atoms with E-state index >= 15 is 0 Å². The number of hydrogen-bond acceptors (Lipinski definition) is 10. The third kappa shape index (κ3) is 8.62. The first-order valence-electron chi connectivity index (χ1n) is 20.5. The monoisotopic (exact) mass is 826 g/mol. The summed E-state index contributed by atoms with van der Waals surface area (Å²) in [6, 6.07) is 29.8. The van der Waals surface area contributed by atoms with Crippen molar-refractivity contribution in [3.8, 4) is 22.6 Å². The molecule has 60 heavy (non-hydrogen) atoms. The van der Waals surface area contributed by atoms with Crippen LogP contribution < -0.4 is 14.8 Å². The second kappa shape index (κ2) is 16.9. The van der Waals surface area contributed by atoms with Crippen LogP contribution in [0.5, 0.6) is 11.5 Å². The fraction of sp³-hybridized carbons (Fsp3) is 0.304. The molecule has 1 unspecified atom stereocenters. The van der Waals surface area contributed by atoms with Crippen LogP contribution >= 0.6 is 0 Å². The van der Waals surface area contributed by atoms with E-state index in [-0.39, 0.29) is 22.9 Å². The number of hydrogen-bond donors (Lipinski definition) is 3. The maximum absolute atomic E-state index is 13.9. The number of nitro groups is 1. The van der Waals surface area contributed by atoms with Gasteiger partial charge in [0.1, 0.15) is 22.8 Å². The average Bonchev–Trinajstić information content (AvgIpc) is 3.83. The fourth-order valence-electron chi connectivity index (χ4n) is 8.48. The molecule has 4 aromatic carbocycles. The molecule has 1 atom stereocenters. The van der Waals surface area contributed by atoms with Crippen molar-refractivity contribution in [2.75, 3.05) is 31.6 Å². The number of nitrogens with zero attached hydrogens (tertiary/aromatic N) is 3. The molecular formula is C46H46N6O7S. The van der Waals surface area contributed by atoms with Crippen LogP contribution in [-0.2, 0) is 21.3 Å². The Labute approximate surface area is 348 Å². The number of likely N-dealkylation sites (tertiary alicyclic amines) is 1. The van der Waals surface area contributed by atoms with Gasteiger partial charge in [-0.2, -0.15) is 0 Å². The minimum absolute atomic E-state index is 0.0519. The first-order valence-corrected chi connectivity index (χ1v) is 22.0. The standard InChI is InChI=1S/C46H46N6O7S/c53-46(50-60(56,57)37-14-16-41(43(26-37)52(54)55)48-27-30-18-22-58-23-19-30)40-15-13-34(25-44(40)59-36-24-35-17-20-47-45(35)49-28-36)32-9-7-31(8-10-32)29-51-21-3-6-42(51)39-5-2-1-4-38(39)33-11-12-33/h1-2,4-5,7-10,13-17,20,24-26,28,30,33,42,48H,3,6,11-12,18-19,21-23,27,29H2,(H,47,49)(H,50,53). The van der Waals surface area contributed by atoms with Crippen molar-refractivity contribution in [3.63, 3.8) is 0 Å². The SMILES string of the molecule is O=C(NS(=O)(=O)c1ccc(NCC2CCOCC2)c([N+](=O)[O-])c1)c1ccc(-c2ccc(CN3CCCC3c3ccccc3C3CC3)cc2)cc1Oc1cnc2[nH]ccc2c1. The van der Waals surface area contributed by atoms with Gasteiger partial charge in [0.05, 0.1) is 21.6 Å². The first kappa shape index (κ1) is 39.4. The van der Waals surface area contributed by atoms with Crippen molar-refractivity contribution < 1.29 is 27.6 Å². The van der Waals surface area contributed by atoms with E-state index in [1.165, 1.54) is 60.3 Å². The maximum Gasteiger partial charge on any atom is 0.293 e. The van der Waals surface area contributed by atoms with Gasteiger partial charge in [0.25, 0.3) is 21.6 Å². The normalized spacial score (nSPS) is 17.4. The Bertz CT molecular complexity index is 2660. The summed E-state index contributed by atoms with van der Waals surface area (Å²) in [6.07, 6.45) is 9.79. The zero-order valence-corrected chi connectivity index (χ0v) is 33.8. The van der Waals surface area contributed by atoms with E-state index in [0.29, 0.717) is 43.1 Å². The zero-order valence-electron chi connectivity index (χ0n) is 33.0. The molecule has 4 heterocycles. The summed E-state index contributed by atoms with van der Waals surface area (Å²) in [4.78, 5) is 34.9.